The predicted octanol–water partition coefficient (Wildman–Crippen LogP) is 1.46. The first-order chi connectivity index (χ1) is 9.65. The second-order valence-electron chi connectivity index (χ2n) is 4.54. The number of benzene rings is 1. The Kier molecular flexibility index (Phi) is 7.22. The van der Waals surface area contributed by atoms with Gasteiger partial charge in [0.15, 0.2) is 0 Å². The van der Waals surface area contributed by atoms with E-state index in [1.165, 1.54) is 7.11 Å². The van der Waals surface area contributed by atoms with Gasteiger partial charge in [0, 0.05) is 33.4 Å². The summed E-state index contributed by atoms with van der Waals surface area (Å²) >= 11 is 0. The monoisotopic (exact) mass is 281 g/mol. The minimum absolute atomic E-state index is 0.372. The molecule has 0 aliphatic heterocycles. The van der Waals surface area contributed by atoms with Crippen molar-refractivity contribution in [2.75, 3.05) is 34.0 Å². The van der Waals surface area contributed by atoms with Crippen LogP contribution in [0.4, 0.5) is 0 Å². The molecule has 0 spiro atoms. The summed E-state index contributed by atoms with van der Waals surface area (Å²) in [5, 5.41) is 0. The maximum absolute atomic E-state index is 12.0. The van der Waals surface area contributed by atoms with Crippen molar-refractivity contribution in [1.29, 1.82) is 0 Å². The minimum Gasteiger partial charge on any atom is -0.467 e. The van der Waals surface area contributed by atoms with Gasteiger partial charge in [0.05, 0.1) is 7.11 Å². The van der Waals surface area contributed by atoms with Crippen LogP contribution >= 0.6 is 0 Å². The van der Waals surface area contributed by atoms with E-state index in [4.69, 9.17) is 19.9 Å². The SMILES string of the molecule is COCCCOCCC(N)(C(=O)OC)c1ccccc1. The summed E-state index contributed by atoms with van der Waals surface area (Å²) in [4.78, 5) is 12.0. The zero-order valence-corrected chi connectivity index (χ0v) is 12.1. The van der Waals surface area contributed by atoms with Gasteiger partial charge < -0.3 is 19.9 Å². The molecule has 0 aliphatic carbocycles. The maximum Gasteiger partial charge on any atom is 0.330 e. The highest BCUT2D eigenvalue weighted by Crippen LogP contribution is 2.23. The molecule has 1 rings (SSSR count). The lowest BCUT2D eigenvalue weighted by atomic mass is 9.88. The third-order valence-corrected chi connectivity index (χ3v) is 3.12. The molecular formula is C15H23NO4. The van der Waals surface area contributed by atoms with Crippen LogP contribution in [0.1, 0.15) is 18.4 Å². The first-order valence-electron chi connectivity index (χ1n) is 6.64. The van der Waals surface area contributed by atoms with Crippen molar-refractivity contribution in [1.82, 2.24) is 0 Å². The largest absolute Gasteiger partial charge is 0.467 e. The fourth-order valence-corrected chi connectivity index (χ4v) is 1.92. The summed E-state index contributed by atoms with van der Waals surface area (Å²) in [5.41, 5.74) is 5.79. The predicted molar refractivity (Wildman–Crippen MR) is 76.3 cm³/mol. The molecule has 0 amide bonds. The third-order valence-electron chi connectivity index (χ3n) is 3.12. The number of esters is 1. The Balaban J connectivity index is 2.59. The van der Waals surface area contributed by atoms with Gasteiger partial charge in [0.1, 0.15) is 5.54 Å². The number of methoxy groups -OCH3 is 2. The molecule has 1 unspecified atom stereocenters. The Hall–Kier alpha value is -1.43. The molecule has 0 saturated heterocycles. The van der Waals surface area contributed by atoms with Crippen molar-refractivity contribution in [2.45, 2.75) is 18.4 Å². The molecule has 0 radical (unpaired) electrons. The van der Waals surface area contributed by atoms with Crippen LogP contribution < -0.4 is 5.73 Å². The number of hydrogen-bond donors (Lipinski definition) is 1. The van der Waals surface area contributed by atoms with Crippen LogP contribution in [-0.4, -0.2) is 40.0 Å². The van der Waals surface area contributed by atoms with Gasteiger partial charge in [-0.2, -0.15) is 0 Å². The van der Waals surface area contributed by atoms with Gasteiger partial charge in [-0.1, -0.05) is 30.3 Å². The van der Waals surface area contributed by atoms with Gasteiger partial charge in [0.2, 0.25) is 0 Å². The van der Waals surface area contributed by atoms with Crippen LogP contribution in [0, 0.1) is 0 Å². The molecule has 5 heteroatoms. The van der Waals surface area contributed by atoms with E-state index in [-0.39, 0.29) is 0 Å². The van der Waals surface area contributed by atoms with E-state index in [0.29, 0.717) is 26.2 Å². The summed E-state index contributed by atoms with van der Waals surface area (Å²) in [6.07, 6.45) is 1.19. The summed E-state index contributed by atoms with van der Waals surface area (Å²) < 4.78 is 15.2. The average molecular weight is 281 g/mol. The summed E-state index contributed by atoms with van der Waals surface area (Å²) in [7, 11) is 2.99. The molecule has 0 heterocycles. The zero-order valence-electron chi connectivity index (χ0n) is 12.1. The molecule has 112 valence electrons. The lowest BCUT2D eigenvalue weighted by Crippen LogP contribution is -2.46. The normalized spacial score (nSPS) is 13.8. The van der Waals surface area contributed by atoms with Crippen LogP contribution in [0.2, 0.25) is 0 Å². The van der Waals surface area contributed by atoms with E-state index in [1.54, 1.807) is 7.11 Å². The van der Waals surface area contributed by atoms with Crippen molar-refractivity contribution in [2.24, 2.45) is 5.73 Å². The summed E-state index contributed by atoms with van der Waals surface area (Å²) in [5.74, 6) is -0.454. The highest BCUT2D eigenvalue weighted by Gasteiger charge is 2.36. The standard InChI is InChI=1S/C15H23NO4/c1-18-10-6-11-20-12-9-15(16,14(17)19-2)13-7-4-3-5-8-13/h3-5,7-8H,6,9-12,16H2,1-2H3. The van der Waals surface area contributed by atoms with Crippen LogP contribution in [0.5, 0.6) is 0 Å². The molecule has 5 nitrogen and oxygen atoms in total. The van der Waals surface area contributed by atoms with Gasteiger partial charge in [-0.3, -0.25) is 0 Å². The van der Waals surface area contributed by atoms with E-state index in [1.807, 2.05) is 30.3 Å². The fraction of sp³-hybridized carbons (Fsp3) is 0.533. The van der Waals surface area contributed by atoms with Crippen molar-refractivity contribution in [3.63, 3.8) is 0 Å². The Labute approximate surface area is 120 Å². The number of nitrogens with two attached hydrogens (primary N) is 1. The second-order valence-corrected chi connectivity index (χ2v) is 4.54. The molecule has 0 fully saturated rings. The molecule has 0 aromatic heterocycles. The number of rotatable bonds is 9. The Morgan fingerprint density at radius 3 is 2.45 bits per heavy atom. The van der Waals surface area contributed by atoms with E-state index >= 15 is 0 Å². The molecular weight excluding hydrogens is 258 g/mol. The van der Waals surface area contributed by atoms with Gasteiger partial charge in [-0.05, 0) is 12.0 Å². The highest BCUT2D eigenvalue weighted by molar-refractivity contribution is 5.82. The van der Waals surface area contributed by atoms with Crippen LogP contribution in [-0.2, 0) is 24.5 Å². The van der Waals surface area contributed by atoms with Gasteiger partial charge in [-0.15, -0.1) is 0 Å². The van der Waals surface area contributed by atoms with Crippen LogP contribution in [0.25, 0.3) is 0 Å². The van der Waals surface area contributed by atoms with E-state index in [9.17, 15) is 4.79 Å². The third kappa shape index (κ3) is 4.59. The molecule has 0 saturated carbocycles. The topological polar surface area (TPSA) is 70.8 Å². The Bertz CT molecular complexity index is 396. The molecule has 1 aromatic carbocycles. The van der Waals surface area contributed by atoms with Gasteiger partial charge in [0.25, 0.3) is 0 Å². The van der Waals surface area contributed by atoms with Gasteiger partial charge in [-0.25, -0.2) is 4.79 Å². The van der Waals surface area contributed by atoms with Crippen molar-refractivity contribution in [3.8, 4) is 0 Å². The van der Waals surface area contributed by atoms with Crippen molar-refractivity contribution >= 4 is 5.97 Å². The molecule has 2 N–H and O–H groups in total. The van der Waals surface area contributed by atoms with Crippen LogP contribution in [0.3, 0.4) is 0 Å². The Morgan fingerprint density at radius 2 is 1.85 bits per heavy atom. The maximum atomic E-state index is 12.0. The number of carbonyl (C=O) groups is 1. The molecule has 0 aliphatic rings. The van der Waals surface area contributed by atoms with E-state index in [2.05, 4.69) is 0 Å². The average Bonchev–Trinajstić information content (AvgIpc) is 2.50. The number of hydrogen-bond acceptors (Lipinski definition) is 5. The lowest BCUT2D eigenvalue weighted by Gasteiger charge is -2.27. The zero-order chi connectivity index (χ0) is 14.8. The Morgan fingerprint density at radius 1 is 1.15 bits per heavy atom. The van der Waals surface area contributed by atoms with Gasteiger partial charge >= 0.3 is 5.97 Å². The quantitative estimate of drug-likeness (QED) is 0.548. The highest BCUT2D eigenvalue weighted by atomic mass is 16.5. The van der Waals surface area contributed by atoms with Crippen molar-refractivity contribution in [3.05, 3.63) is 35.9 Å². The minimum atomic E-state index is -1.17. The number of ether oxygens (including phenoxy) is 3. The first-order valence-corrected chi connectivity index (χ1v) is 6.64. The van der Waals surface area contributed by atoms with Crippen LogP contribution in [0.15, 0.2) is 30.3 Å². The fourth-order valence-electron chi connectivity index (χ4n) is 1.92. The first kappa shape index (κ1) is 16.6. The summed E-state index contributed by atoms with van der Waals surface area (Å²) in [6.45, 7) is 1.63. The molecule has 1 atom stereocenters. The lowest BCUT2D eigenvalue weighted by molar-refractivity contribution is -0.148. The number of carbonyl (C=O) groups excluding carboxylic acids is 1. The van der Waals surface area contributed by atoms with Crippen molar-refractivity contribution < 1.29 is 19.0 Å². The molecule has 0 bridgehead atoms. The molecule has 1 aromatic rings. The smallest absolute Gasteiger partial charge is 0.330 e. The second kappa shape index (κ2) is 8.68. The summed E-state index contributed by atoms with van der Waals surface area (Å²) in [6, 6.07) is 9.21. The van der Waals surface area contributed by atoms with E-state index in [0.717, 1.165) is 12.0 Å². The van der Waals surface area contributed by atoms with E-state index < -0.39 is 11.5 Å². The molecule has 20 heavy (non-hydrogen) atoms.